The molecule has 2 saturated heterocycles. The van der Waals surface area contributed by atoms with Crippen LogP contribution in [0.3, 0.4) is 0 Å². The zero-order valence-electron chi connectivity index (χ0n) is 17.7. The van der Waals surface area contributed by atoms with E-state index in [1.165, 1.54) is 54.5 Å². The topological polar surface area (TPSA) is 96.3 Å². The van der Waals surface area contributed by atoms with Crippen molar-refractivity contribution in [1.82, 2.24) is 5.01 Å². The van der Waals surface area contributed by atoms with Gasteiger partial charge >= 0.3 is 5.97 Å². The van der Waals surface area contributed by atoms with Crippen LogP contribution in [0.2, 0.25) is 5.02 Å². The fourth-order valence-electron chi connectivity index (χ4n) is 4.74. The van der Waals surface area contributed by atoms with Crippen LogP contribution >= 0.6 is 11.6 Å². The first-order chi connectivity index (χ1) is 16.3. The SMILES string of the molecule is CC(=O)Oc1ccc(C(=O)[C@@H]2[C@@H]3C(=O)N(c4ccc(F)c(Cl)c4)C(=O)[C@H]3[C@@H]3C=CC=NN23)cc1. The first kappa shape index (κ1) is 22.0. The lowest BCUT2D eigenvalue weighted by Gasteiger charge is -2.30. The Morgan fingerprint density at radius 1 is 1.06 bits per heavy atom. The molecule has 3 aliphatic heterocycles. The number of amides is 2. The maximum atomic E-state index is 13.7. The highest BCUT2D eigenvalue weighted by molar-refractivity contribution is 6.31. The molecule has 0 unspecified atom stereocenters. The number of ketones is 1. The Bertz CT molecular complexity index is 1290. The van der Waals surface area contributed by atoms with Crippen LogP contribution in [0, 0.1) is 17.7 Å². The second-order valence-electron chi connectivity index (χ2n) is 8.11. The number of imide groups is 1. The van der Waals surface area contributed by atoms with Crippen LogP contribution in [0.25, 0.3) is 0 Å². The van der Waals surface area contributed by atoms with Gasteiger partial charge in [0.15, 0.2) is 5.78 Å². The summed E-state index contributed by atoms with van der Waals surface area (Å²) in [4.78, 5) is 52.6. The number of rotatable bonds is 4. The molecule has 5 rings (SSSR count). The van der Waals surface area contributed by atoms with E-state index in [1.54, 1.807) is 12.2 Å². The van der Waals surface area contributed by atoms with Gasteiger partial charge in [-0.1, -0.05) is 17.7 Å². The van der Waals surface area contributed by atoms with Gasteiger partial charge in [-0.3, -0.25) is 24.2 Å². The molecular formula is C24H17ClFN3O5. The summed E-state index contributed by atoms with van der Waals surface area (Å²) in [6.45, 7) is 1.27. The Kier molecular flexibility index (Phi) is 5.28. The van der Waals surface area contributed by atoms with Crippen molar-refractivity contribution in [3.8, 4) is 5.75 Å². The molecule has 2 aromatic carbocycles. The molecule has 0 bridgehead atoms. The summed E-state index contributed by atoms with van der Waals surface area (Å²) in [6, 6.07) is 7.90. The molecule has 0 aromatic heterocycles. The van der Waals surface area contributed by atoms with Crippen LogP contribution in [-0.4, -0.2) is 46.9 Å². The standard InChI is InChI=1S/C24H17ClFN3O5/c1-12(30)34-15-7-4-13(5-8-15)22(31)21-20-19(18-3-2-10-27-29(18)21)23(32)28(24(20)33)14-6-9-17(26)16(25)11-14/h2-11,18-21H,1H3/t18-,19-,20+,21-/m0/s1. The highest BCUT2D eigenvalue weighted by Crippen LogP contribution is 2.46. The number of nitrogens with zero attached hydrogens (tertiary/aromatic N) is 3. The molecule has 34 heavy (non-hydrogen) atoms. The Hall–Kier alpha value is -3.85. The number of Topliss-reactive ketones (excluding diaryl/α,β-unsaturated/α-hetero) is 1. The summed E-state index contributed by atoms with van der Waals surface area (Å²) in [6.07, 6.45) is 4.89. The molecule has 4 atom stereocenters. The normalized spacial score (nSPS) is 24.9. The van der Waals surface area contributed by atoms with Crippen LogP contribution in [0.5, 0.6) is 5.75 Å². The highest BCUT2D eigenvalue weighted by Gasteiger charge is 2.64. The van der Waals surface area contributed by atoms with Crippen LogP contribution in [0.1, 0.15) is 17.3 Å². The third-order valence-electron chi connectivity index (χ3n) is 6.12. The minimum atomic E-state index is -1.03. The Labute approximate surface area is 198 Å². The molecule has 8 nitrogen and oxygen atoms in total. The van der Waals surface area contributed by atoms with Crippen molar-refractivity contribution >= 4 is 47.1 Å². The van der Waals surface area contributed by atoms with Crippen molar-refractivity contribution in [3.05, 3.63) is 71.0 Å². The number of benzene rings is 2. The molecule has 10 heteroatoms. The van der Waals surface area contributed by atoms with Crippen LogP contribution in [0.4, 0.5) is 10.1 Å². The molecule has 2 fully saturated rings. The van der Waals surface area contributed by atoms with Gasteiger partial charge in [-0.15, -0.1) is 0 Å². The van der Waals surface area contributed by atoms with Crippen molar-refractivity contribution in [2.75, 3.05) is 4.90 Å². The Balaban J connectivity index is 1.52. The van der Waals surface area contributed by atoms with Crippen molar-refractivity contribution in [1.29, 1.82) is 0 Å². The van der Waals surface area contributed by atoms with Crippen molar-refractivity contribution in [2.45, 2.75) is 19.0 Å². The second kappa shape index (κ2) is 8.18. The largest absolute Gasteiger partial charge is 0.427 e. The highest BCUT2D eigenvalue weighted by atomic mass is 35.5. The molecule has 0 aliphatic carbocycles. The number of hydrogen-bond donors (Lipinski definition) is 0. The first-order valence-corrected chi connectivity index (χ1v) is 10.8. The number of anilines is 1. The molecule has 0 radical (unpaired) electrons. The Morgan fingerprint density at radius 3 is 2.44 bits per heavy atom. The zero-order valence-corrected chi connectivity index (χ0v) is 18.5. The van der Waals surface area contributed by atoms with Gasteiger partial charge in [0.05, 0.1) is 28.6 Å². The summed E-state index contributed by atoms with van der Waals surface area (Å²) in [7, 11) is 0. The summed E-state index contributed by atoms with van der Waals surface area (Å²) in [5, 5.41) is 5.55. The predicted molar refractivity (Wildman–Crippen MR) is 120 cm³/mol. The molecule has 172 valence electrons. The quantitative estimate of drug-likeness (QED) is 0.288. The maximum Gasteiger partial charge on any atom is 0.308 e. The van der Waals surface area contributed by atoms with Crippen LogP contribution in [-0.2, 0) is 14.4 Å². The number of carbonyl (C=O) groups is 4. The fraction of sp³-hybridized carbons (Fsp3) is 0.208. The lowest BCUT2D eigenvalue weighted by Crippen LogP contribution is -2.46. The minimum Gasteiger partial charge on any atom is -0.427 e. The van der Waals surface area contributed by atoms with E-state index in [2.05, 4.69) is 5.10 Å². The summed E-state index contributed by atoms with van der Waals surface area (Å²) in [5.74, 6) is -4.23. The van der Waals surface area contributed by atoms with Crippen LogP contribution in [0.15, 0.2) is 59.7 Å². The van der Waals surface area contributed by atoms with E-state index in [0.717, 1.165) is 11.0 Å². The second-order valence-corrected chi connectivity index (χ2v) is 8.52. The molecule has 3 aliphatic rings. The van der Waals surface area contributed by atoms with Gasteiger partial charge in [0.2, 0.25) is 11.8 Å². The fourth-order valence-corrected chi connectivity index (χ4v) is 4.91. The number of carbonyl (C=O) groups excluding carboxylic acids is 4. The van der Waals surface area contributed by atoms with E-state index in [-0.39, 0.29) is 22.0 Å². The smallest absolute Gasteiger partial charge is 0.308 e. The average molecular weight is 482 g/mol. The predicted octanol–water partition coefficient (Wildman–Crippen LogP) is 3.00. The third kappa shape index (κ3) is 3.40. The average Bonchev–Trinajstić information content (AvgIpc) is 3.28. The van der Waals surface area contributed by atoms with Crippen molar-refractivity contribution in [2.24, 2.45) is 16.9 Å². The number of ether oxygens (including phenoxy) is 1. The molecule has 0 saturated carbocycles. The van der Waals surface area contributed by atoms with E-state index < -0.39 is 53.3 Å². The summed E-state index contributed by atoms with van der Waals surface area (Å²) < 4.78 is 18.7. The molecule has 2 aromatic rings. The van der Waals surface area contributed by atoms with Gasteiger partial charge in [-0.25, -0.2) is 9.29 Å². The van der Waals surface area contributed by atoms with Crippen LogP contribution < -0.4 is 9.64 Å². The van der Waals surface area contributed by atoms with Gasteiger partial charge in [0, 0.05) is 18.7 Å². The lowest BCUT2D eigenvalue weighted by atomic mass is 9.86. The number of halogens is 2. The number of esters is 1. The number of allylic oxidation sites excluding steroid dienone is 1. The summed E-state index contributed by atoms with van der Waals surface area (Å²) >= 11 is 5.87. The van der Waals surface area contributed by atoms with Gasteiger partial charge in [0.25, 0.3) is 0 Å². The first-order valence-electron chi connectivity index (χ1n) is 10.4. The summed E-state index contributed by atoms with van der Waals surface area (Å²) in [5.41, 5.74) is 0.413. The molecule has 0 spiro atoms. The van der Waals surface area contributed by atoms with E-state index in [1.807, 2.05) is 0 Å². The van der Waals surface area contributed by atoms with Gasteiger partial charge in [0.1, 0.15) is 17.6 Å². The number of fused-ring (bicyclic) bond motifs is 3. The minimum absolute atomic E-state index is 0.141. The van der Waals surface area contributed by atoms with E-state index >= 15 is 0 Å². The van der Waals surface area contributed by atoms with Gasteiger partial charge < -0.3 is 4.74 Å². The van der Waals surface area contributed by atoms with E-state index in [9.17, 15) is 23.6 Å². The zero-order chi connectivity index (χ0) is 24.1. The number of hydrogen-bond acceptors (Lipinski definition) is 7. The van der Waals surface area contributed by atoms with Crippen molar-refractivity contribution in [3.63, 3.8) is 0 Å². The van der Waals surface area contributed by atoms with Gasteiger partial charge in [-0.2, -0.15) is 5.10 Å². The molecule has 2 amide bonds. The number of hydrazone groups is 1. The van der Waals surface area contributed by atoms with E-state index in [0.29, 0.717) is 0 Å². The van der Waals surface area contributed by atoms with E-state index in [4.69, 9.17) is 16.3 Å². The third-order valence-corrected chi connectivity index (χ3v) is 6.41. The van der Waals surface area contributed by atoms with Crippen molar-refractivity contribution < 1.29 is 28.3 Å². The van der Waals surface area contributed by atoms with Gasteiger partial charge in [-0.05, 0) is 48.5 Å². The monoisotopic (exact) mass is 481 g/mol. The lowest BCUT2D eigenvalue weighted by molar-refractivity contribution is -0.132. The molecule has 3 heterocycles. The Morgan fingerprint density at radius 2 is 1.76 bits per heavy atom. The molecular weight excluding hydrogens is 465 g/mol. The maximum absolute atomic E-state index is 13.7. The molecule has 0 N–H and O–H groups in total.